The highest BCUT2D eigenvalue weighted by atomic mass is 35.5. The van der Waals surface area contributed by atoms with Crippen molar-refractivity contribution in [2.75, 3.05) is 33.3 Å². The van der Waals surface area contributed by atoms with Crippen LogP contribution in [0.5, 0.6) is 5.75 Å². The average molecular weight is 418 g/mol. The van der Waals surface area contributed by atoms with Gasteiger partial charge in [-0.1, -0.05) is 12.8 Å². The van der Waals surface area contributed by atoms with E-state index >= 15 is 0 Å². The number of nitrogens with two attached hydrogens (primary N) is 1. The summed E-state index contributed by atoms with van der Waals surface area (Å²) in [5, 5.41) is 0. The summed E-state index contributed by atoms with van der Waals surface area (Å²) in [6, 6.07) is 4.61. The number of hydrogen-bond donors (Lipinski definition) is 1. The molecule has 7 nitrogen and oxygen atoms in total. The Labute approximate surface area is 167 Å². The van der Waals surface area contributed by atoms with Gasteiger partial charge in [0.05, 0.1) is 7.11 Å². The number of nitrogens with zero attached hydrogens (tertiary/aromatic N) is 2. The Kier molecular flexibility index (Phi) is 7.50. The lowest BCUT2D eigenvalue weighted by Gasteiger charge is -2.22. The zero-order valence-electron chi connectivity index (χ0n) is 15.6. The van der Waals surface area contributed by atoms with Gasteiger partial charge in [0.25, 0.3) is 5.91 Å². The Balaban J connectivity index is 0.00000261. The minimum atomic E-state index is -3.71. The number of rotatable bonds is 4. The molecule has 27 heavy (non-hydrogen) atoms. The normalized spacial score (nSPS) is 21.4. The van der Waals surface area contributed by atoms with E-state index in [1.165, 1.54) is 17.5 Å². The maximum atomic E-state index is 13.2. The van der Waals surface area contributed by atoms with Crippen molar-refractivity contribution in [3.05, 3.63) is 23.8 Å². The quantitative estimate of drug-likeness (QED) is 0.806. The molecule has 2 N–H and O–H groups in total. The SMILES string of the molecule is COc1ccc(C(=O)N2CC[C@@H](N)C2)cc1S(=O)(=O)N1CCCCCC1.Cl. The van der Waals surface area contributed by atoms with Gasteiger partial charge in [-0.3, -0.25) is 4.79 Å². The van der Waals surface area contributed by atoms with E-state index in [2.05, 4.69) is 0 Å². The molecule has 0 saturated carbocycles. The largest absolute Gasteiger partial charge is 0.495 e. The first-order chi connectivity index (χ1) is 12.4. The molecule has 0 bridgehead atoms. The number of hydrogen-bond acceptors (Lipinski definition) is 5. The summed E-state index contributed by atoms with van der Waals surface area (Å²) in [7, 11) is -2.26. The van der Waals surface area contributed by atoms with Crippen molar-refractivity contribution in [2.24, 2.45) is 5.73 Å². The van der Waals surface area contributed by atoms with Crippen LogP contribution in [0.4, 0.5) is 0 Å². The molecular weight excluding hydrogens is 390 g/mol. The van der Waals surface area contributed by atoms with Crippen molar-refractivity contribution in [1.82, 2.24) is 9.21 Å². The summed E-state index contributed by atoms with van der Waals surface area (Å²) in [6.07, 6.45) is 4.55. The number of likely N-dealkylation sites (tertiary alicyclic amines) is 1. The van der Waals surface area contributed by atoms with Gasteiger partial charge in [0, 0.05) is 37.8 Å². The van der Waals surface area contributed by atoms with Crippen molar-refractivity contribution < 1.29 is 17.9 Å². The van der Waals surface area contributed by atoms with E-state index in [1.54, 1.807) is 17.0 Å². The minimum Gasteiger partial charge on any atom is -0.495 e. The highest BCUT2D eigenvalue weighted by molar-refractivity contribution is 7.89. The summed E-state index contributed by atoms with van der Waals surface area (Å²) >= 11 is 0. The highest BCUT2D eigenvalue weighted by Crippen LogP contribution is 2.30. The van der Waals surface area contributed by atoms with Gasteiger partial charge < -0.3 is 15.4 Å². The lowest BCUT2D eigenvalue weighted by atomic mass is 10.2. The molecule has 152 valence electrons. The molecule has 3 rings (SSSR count). The molecule has 2 saturated heterocycles. The van der Waals surface area contributed by atoms with Crippen LogP contribution in [-0.2, 0) is 10.0 Å². The van der Waals surface area contributed by atoms with Crippen LogP contribution in [0.2, 0.25) is 0 Å². The standard InChI is InChI=1S/C18H27N3O4S.ClH/c1-25-16-7-6-14(18(22)20-11-8-15(19)13-20)12-17(16)26(23,24)21-9-4-2-3-5-10-21;/h6-7,12,15H,2-5,8-11,13,19H2,1H3;1H/t15-;/m1./s1. The molecule has 0 radical (unpaired) electrons. The number of carbonyl (C=O) groups excluding carboxylic acids is 1. The fourth-order valence-corrected chi connectivity index (χ4v) is 5.29. The molecule has 2 fully saturated rings. The predicted molar refractivity (Wildman–Crippen MR) is 106 cm³/mol. The summed E-state index contributed by atoms with van der Waals surface area (Å²) in [5.41, 5.74) is 6.24. The number of ether oxygens (including phenoxy) is 1. The Morgan fingerprint density at radius 1 is 1.15 bits per heavy atom. The van der Waals surface area contributed by atoms with Gasteiger partial charge in [-0.15, -0.1) is 12.4 Å². The van der Waals surface area contributed by atoms with Crippen LogP contribution >= 0.6 is 12.4 Å². The molecule has 1 aromatic carbocycles. The van der Waals surface area contributed by atoms with E-state index < -0.39 is 10.0 Å². The van der Waals surface area contributed by atoms with Crippen LogP contribution in [0.1, 0.15) is 42.5 Å². The lowest BCUT2D eigenvalue weighted by Crippen LogP contribution is -2.33. The molecule has 2 aliphatic rings. The monoisotopic (exact) mass is 417 g/mol. The van der Waals surface area contributed by atoms with Gasteiger partial charge in [0.1, 0.15) is 10.6 Å². The maximum absolute atomic E-state index is 13.2. The van der Waals surface area contributed by atoms with Crippen LogP contribution in [0.3, 0.4) is 0 Å². The Morgan fingerprint density at radius 3 is 2.37 bits per heavy atom. The number of benzene rings is 1. The molecular formula is C18H28ClN3O4S. The molecule has 1 atom stereocenters. The first-order valence-corrected chi connectivity index (χ1v) is 10.6. The second-order valence-electron chi connectivity index (χ2n) is 6.98. The Hall–Kier alpha value is -1.35. The molecule has 0 aliphatic carbocycles. The second kappa shape index (κ2) is 9.23. The summed E-state index contributed by atoms with van der Waals surface area (Å²) in [4.78, 5) is 14.5. The molecule has 0 spiro atoms. The van der Waals surface area contributed by atoms with Crippen LogP contribution in [0.25, 0.3) is 0 Å². The number of amides is 1. The second-order valence-corrected chi connectivity index (χ2v) is 8.89. The van der Waals surface area contributed by atoms with Crippen LogP contribution in [-0.4, -0.2) is 62.9 Å². The molecule has 1 amide bonds. The molecule has 1 aromatic rings. The third-order valence-corrected chi connectivity index (χ3v) is 7.03. The van der Waals surface area contributed by atoms with E-state index in [9.17, 15) is 13.2 Å². The number of methoxy groups -OCH3 is 1. The number of carbonyl (C=O) groups is 1. The molecule has 2 aliphatic heterocycles. The van der Waals surface area contributed by atoms with Crippen molar-refractivity contribution >= 4 is 28.3 Å². The molecule has 0 aromatic heterocycles. The van der Waals surface area contributed by atoms with Gasteiger partial charge >= 0.3 is 0 Å². The first kappa shape index (κ1) is 21.9. The highest BCUT2D eigenvalue weighted by Gasteiger charge is 2.31. The van der Waals surface area contributed by atoms with Crippen LogP contribution in [0.15, 0.2) is 23.1 Å². The van der Waals surface area contributed by atoms with Crippen molar-refractivity contribution in [1.29, 1.82) is 0 Å². The minimum absolute atomic E-state index is 0. The van der Waals surface area contributed by atoms with E-state index in [1.807, 2.05) is 0 Å². The maximum Gasteiger partial charge on any atom is 0.253 e. The van der Waals surface area contributed by atoms with Crippen LogP contribution < -0.4 is 10.5 Å². The van der Waals surface area contributed by atoms with Crippen molar-refractivity contribution in [3.63, 3.8) is 0 Å². The Bertz CT molecular complexity index is 764. The fraction of sp³-hybridized carbons (Fsp3) is 0.611. The van der Waals surface area contributed by atoms with Crippen LogP contribution in [0, 0.1) is 0 Å². The summed E-state index contributed by atoms with van der Waals surface area (Å²) < 4.78 is 33.1. The Morgan fingerprint density at radius 2 is 1.81 bits per heavy atom. The summed E-state index contributed by atoms with van der Waals surface area (Å²) in [6.45, 7) is 2.11. The zero-order valence-corrected chi connectivity index (χ0v) is 17.2. The molecule has 9 heteroatoms. The molecule has 2 heterocycles. The van der Waals surface area contributed by atoms with Gasteiger partial charge in [-0.2, -0.15) is 4.31 Å². The first-order valence-electron chi connectivity index (χ1n) is 9.16. The van der Waals surface area contributed by atoms with Crippen molar-refractivity contribution in [3.8, 4) is 5.75 Å². The van der Waals surface area contributed by atoms with Gasteiger partial charge in [-0.25, -0.2) is 8.42 Å². The topological polar surface area (TPSA) is 92.9 Å². The molecule has 0 unspecified atom stereocenters. The average Bonchev–Trinajstić information content (AvgIpc) is 2.89. The van der Waals surface area contributed by atoms with E-state index in [4.69, 9.17) is 10.5 Å². The number of sulfonamides is 1. The van der Waals surface area contributed by atoms with E-state index in [-0.39, 0.29) is 35.0 Å². The zero-order chi connectivity index (χ0) is 18.7. The lowest BCUT2D eigenvalue weighted by molar-refractivity contribution is 0.0790. The van der Waals surface area contributed by atoms with Gasteiger partial charge in [0.15, 0.2) is 0 Å². The smallest absolute Gasteiger partial charge is 0.253 e. The third kappa shape index (κ3) is 4.74. The third-order valence-electron chi connectivity index (χ3n) is 5.11. The van der Waals surface area contributed by atoms with Crippen molar-refractivity contribution in [2.45, 2.75) is 43.0 Å². The number of halogens is 1. The van der Waals surface area contributed by atoms with E-state index in [0.29, 0.717) is 31.7 Å². The summed E-state index contributed by atoms with van der Waals surface area (Å²) in [5.74, 6) is 0.0804. The van der Waals surface area contributed by atoms with E-state index in [0.717, 1.165) is 32.1 Å². The predicted octanol–water partition coefficient (Wildman–Crippen LogP) is 1.85. The van der Waals surface area contributed by atoms with Gasteiger partial charge in [0.2, 0.25) is 10.0 Å². The van der Waals surface area contributed by atoms with Gasteiger partial charge in [-0.05, 0) is 37.5 Å². The fourth-order valence-electron chi connectivity index (χ4n) is 3.59.